The Kier molecular flexibility index (Phi) is 13.9. The normalized spacial score (nSPS) is 11.8. The van der Waals surface area contributed by atoms with Crippen LogP contribution < -0.4 is 5.32 Å². The summed E-state index contributed by atoms with van der Waals surface area (Å²) in [7, 11) is 0. The first kappa shape index (κ1) is 20.4. The maximum atomic E-state index is 12.0. The lowest BCUT2D eigenvalue weighted by Gasteiger charge is -2.17. The number of alkyl carbamates (subject to hydrolysis) is 1. The van der Waals surface area contributed by atoms with Gasteiger partial charge >= 0.3 is 12.1 Å². The molecular weight excluding hydrogens is 314 g/mol. The first-order valence-corrected chi connectivity index (χ1v) is 9.23. The number of esters is 1. The molecule has 0 bridgehead atoms. The van der Waals surface area contributed by atoms with Gasteiger partial charge in [-0.3, -0.25) is 0 Å². The Balaban J connectivity index is 4.12. The second-order valence-corrected chi connectivity index (χ2v) is 5.90. The molecule has 0 aliphatic heterocycles. The fraction of sp³-hybridized carbons (Fsp3) is 0.857. The van der Waals surface area contributed by atoms with Crippen molar-refractivity contribution >= 4 is 35.4 Å². The zero-order valence-electron chi connectivity index (χ0n) is 12.9. The lowest BCUT2D eigenvalue weighted by Crippen LogP contribution is -2.42. The molecule has 0 fully saturated rings. The van der Waals surface area contributed by atoms with Crippen LogP contribution in [-0.2, 0) is 14.3 Å². The van der Waals surface area contributed by atoms with Gasteiger partial charge in [-0.05, 0) is 24.9 Å². The number of carbonyl (C=O) groups is 2. The number of hydrogen-bond donors (Lipinski definition) is 1. The molecule has 0 rings (SSSR count). The fourth-order valence-corrected chi connectivity index (χ4v) is 2.15. The average molecular weight is 340 g/mol. The monoisotopic (exact) mass is 339 g/mol. The molecule has 0 aromatic rings. The molecule has 7 heteroatoms. The summed E-state index contributed by atoms with van der Waals surface area (Å²) in [6.45, 7) is 2.64. The highest BCUT2D eigenvalue weighted by atomic mass is 35.5. The third kappa shape index (κ3) is 11.7. The quantitative estimate of drug-likeness (QED) is 0.336. The van der Waals surface area contributed by atoms with E-state index in [1.54, 1.807) is 11.8 Å². The Bertz CT molecular complexity index is 292. The summed E-state index contributed by atoms with van der Waals surface area (Å²) >= 11 is 7.04. The third-order valence-corrected chi connectivity index (χ3v) is 3.54. The van der Waals surface area contributed by atoms with E-state index in [2.05, 4.69) is 12.2 Å². The minimum Gasteiger partial charge on any atom is -0.464 e. The number of thioether (sulfide) groups is 1. The van der Waals surface area contributed by atoms with Gasteiger partial charge in [-0.25, -0.2) is 9.59 Å². The van der Waals surface area contributed by atoms with Crippen molar-refractivity contribution < 1.29 is 19.1 Å². The van der Waals surface area contributed by atoms with Crippen molar-refractivity contribution in [3.8, 4) is 0 Å². The third-order valence-electron chi connectivity index (χ3n) is 2.74. The highest BCUT2D eigenvalue weighted by Gasteiger charge is 2.22. The molecule has 0 aliphatic carbocycles. The van der Waals surface area contributed by atoms with Gasteiger partial charge in [-0.2, -0.15) is 11.8 Å². The van der Waals surface area contributed by atoms with E-state index in [9.17, 15) is 9.59 Å². The summed E-state index contributed by atoms with van der Waals surface area (Å²) in [6, 6.07) is -0.661. The molecule has 0 heterocycles. The van der Waals surface area contributed by atoms with E-state index in [1.807, 2.05) is 6.26 Å². The summed E-state index contributed by atoms with van der Waals surface area (Å²) in [5, 5.41) is 2.53. The number of nitrogens with one attached hydrogen (secondary N) is 1. The Labute approximate surface area is 136 Å². The Morgan fingerprint density at radius 2 is 1.95 bits per heavy atom. The number of amides is 1. The molecule has 21 heavy (non-hydrogen) atoms. The Hall–Kier alpha value is -0.620. The predicted molar refractivity (Wildman–Crippen MR) is 87.1 cm³/mol. The summed E-state index contributed by atoms with van der Waals surface area (Å²) < 4.78 is 10.0. The summed E-state index contributed by atoms with van der Waals surface area (Å²) in [6.07, 6.45) is 6.00. The summed E-state index contributed by atoms with van der Waals surface area (Å²) in [5.41, 5.74) is 0. The highest BCUT2D eigenvalue weighted by molar-refractivity contribution is 7.98. The van der Waals surface area contributed by atoms with E-state index in [0.717, 1.165) is 31.4 Å². The largest absolute Gasteiger partial charge is 0.464 e. The van der Waals surface area contributed by atoms with Crippen molar-refractivity contribution in [1.82, 2.24) is 5.32 Å². The average Bonchev–Trinajstić information content (AvgIpc) is 2.48. The van der Waals surface area contributed by atoms with Crippen LogP contribution in [0.2, 0.25) is 0 Å². The molecule has 124 valence electrons. The second kappa shape index (κ2) is 14.3. The molecule has 5 nitrogen and oxygen atoms in total. The molecule has 0 saturated heterocycles. The minimum atomic E-state index is -0.661. The zero-order valence-corrected chi connectivity index (χ0v) is 14.4. The van der Waals surface area contributed by atoms with Gasteiger partial charge in [0.1, 0.15) is 12.6 Å². The van der Waals surface area contributed by atoms with E-state index in [1.165, 1.54) is 0 Å². The zero-order chi connectivity index (χ0) is 15.9. The molecule has 1 N–H and O–H groups in total. The molecule has 0 aromatic heterocycles. The van der Waals surface area contributed by atoms with Gasteiger partial charge < -0.3 is 14.8 Å². The van der Waals surface area contributed by atoms with Crippen LogP contribution in [0.4, 0.5) is 4.79 Å². The molecule has 0 aliphatic rings. The van der Waals surface area contributed by atoms with Crippen LogP contribution >= 0.6 is 23.4 Å². The first-order chi connectivity index (χ1) is 10.2. The number of carbonyl (C=O) groups excluding carboxylic acids is 2. The molecule has 1 amide bonds. The van der Waals surface area contributed by atoms with E-state index in [4.69, 9.17) is 21.1 Å². The number of hydrogen-bond acceptors (Lipinski definition) is 5. The Morgan fingerprint density at radius 1 is 1.19 bits per heavy atom. The standard InChI is InChI=1S/C14H26ClNO4S/c1-3-4-5-6-9-19-13(17)12(7-11-21-2)16-14(18)20-10-8-15/h12H,3-11H2,1-2H3,(H,16,18). The van der Waals surface area contributed by atoms with E-state index < -0.39 is 18.1 Å². The van der Waals surface area contributed by atoms with Gasteiger partial charge in [0, 0.05) is 0 Å². The summed E-state index contributed by atoms with van der Waals surface area (Å²) in [4.78, 5) is 23.5. The van der Waals surface area contributed by atoms with Gasteiger partial charge in [0.15, 0.2) is 0 Å². The van der Waals surface area contributed by atoms with Crippen LogP contribution in [0.25, 0.3) is 0 Å². The van der Waals surface area contributed by atoms with Crippen LogP contribution in [0.1, 0.15) is 39.0 Å². The van der Waals surface area contributed by atoms with Crippen molar-refractivity contribution in [1.29, 1.82) is 0 Å². The van der Waals surface area contributed by atoms with Gasteiger partial charge in [0.05, 0.1) is 12.5 Å². The van der Waals surface area contributed by atoms with Crippen molar-refractivity contribution in [2.45, 2.75) is 45.1 Å². The maximum absolute atomic E-state index is 12.0. The van der Waals surface area contributed by atoms with Crippen molar-refractivity contribution in [3.63, 3.8) is 0 Å². The molecule has 0 spiro atoms. The van der Waals surface area contributed by atoms with Gasteiger partial charge in [-0.1, -0.05) is 26.2 Å². The Morgan fingerprint density at radius 3 is 2.57 bits per heavy atom. The number of alkyl halides is 1. The topological polar surface area (TPSA) is 64.6 Å². The SMILES string of the molecule is CCCCCCOC(=O)C(CCSC)NC(=O)OCCCl. The van der Waals surface area contributed by atoms with E-state index in [0.29, 0.717) is 13.0 Å². The lowest BCUT2D eigenvalue weighted by molar-refractivity contribution is -0.146. The van der Waals surface area contributed by atoms with Crippen LogP contribution in [0.5, 0.6) is 0 Å². The van der Waals surface area contributed by atoms with Crippen molar-refractivity contribution in [2.24, 2.45) is 0 Å². The van der Waals surface area contributed by atoms with Crippen LogP contribution in [-0.4, -0.2) is 49.2 Å². The highest BCUT2D eigenvalue weighted by Crippen LogP contribution is 2.05. The maximum Gasteiger partial charge on any atom is 0.407 e. The van der Waals surface area contributed by atoms with Gasteiger partial charge in [0.2, 0.25) is 0 Å². The predicted octanol–water partition coefficient (Wildman–Crippen LogP) is 3.20. The van der Waals surface area contributed by atoms with E-state index >= 15 is 0 Å². The number of unbranched alkanes of at least 4 members (excludes halogenated alkanes) is 3. The smallest absolute Gasteiger partial charge is 0.407 e. The molecule has 0 aromatic carbocycles. The summed E-state index contributed by atoms with van der Waals surface area (Å²) in [5.74, 6) is 0.583. The number of halogens is 1. The van der Waals surface area contributed by atoms with E-state index in [-0.39, 0.29) is 12.5 Å². The fourth-order valence-electron chi connectivity index (χ4n) is 1.60. The molecule has 0 radical (unpaired) electrons. The van der Waals surface area contributed by atoms with Gasteiger partial charge in [-0.15, -0.1) is 11.6 Å². The molecule has 1 unspecified atom stereocenters. The van der Waals surface area contributed by atoms with Crippen molar-refractivity contribution in [2.75, 3.05) is 31.1 Å². The van der Waals surface area contributed by atoms with Crippen molar-refractivity contribution in [3.05, 3.63) is 0 Å². The van der Waals surface area contributed by atoms with Crippen LogP contribution in [0.15, 0.2) is 0 Å². The second-order valence-electron chi connectivity index (χ2n) is 4.53. The molecule has 1 atom stereocenters. The number of rotatable bonds is 12. The molecular formula is C14H26ClNO4S. The van der Waals surface area contributed by atoms with Gasteiger partial charge in [0.25, 0.3) is 0 Å². The van der Waals surface area contributed by atoms with Crippen LogP contribution in [0, 0.1) is 0 Å². The number of ether oxygens (including phenoxy) is 2. The van der Waals surface area contributed by atoms with Crippen LogP contribution in [0.3, 0.4) is 0 Å². The first-order valence-electron chi connectivity index (χ1n) is 7.30. The minimum absolute atomic E-state index is 0.120. The lowest BCUT2D eigenvalue weighted by atomic mass is 10.2. The molecule has 0 saturated carbocycles.